The van der Waals surface area contributed by atoms with Gasteiger partial charge in [0, 0.05) is 25.8 Å². The minimum absolute atomic E-state index is 0.0240. The number of halogens is 5. The van der Waals surface area contributed by atoms with Crippen LogP contribution in [0.3, 0.4) is 0 Å². The maximum Gasteiger partial charge on any atom is 0.303 e. The van der Waals surface area contributed by atoms with Gasteiger partial charge in [0.05, 0.1) is 27.2 Å². The molecule has 0 aliphatic carbocycles. The van der Waals surface area contributed by atoms with Crippen LogP contribution in [-0.2, 0) is 33.6 Å². The van der Waals surface area contributed by atoms with Crippen molar-refractivity contribution in [2.45, 2.75) is 48.8 Å². The highest BCUT2D eigenvalue weighted by Gasteiger charge is 2.47. The van der Waals surface area contributed by atoms with Gasteiger partial charge in [0.15, 0.2) is 29.0 Å². The summed E-state index contributed by atoms with van der Waals surface area (Å²) >= 11 is 11.9. The second-order valence-electron chi connectivity index (χ2n) is 8.74. The Balaban J connectivity index is 1.77. The fourth-order valence-electron chi connectivity index (χ4n) is 4.13. The molecule has 16 heteroatoms. The Labute approximate surface area is 235 Å². The molecule has 214 valence electrons. The van der Waals surface area contributed by atoms with Crippen LogP contribution in [0, 0.1) is 17.5 Å². The molecule has 2 aromatic carbocycles. The van der Waals surface area contributed by atoms with Crippen molar-refractivity contribution < 1.29 is 45.4 Å². The van der Waals surface area contributed by atoms with Gasteiger partial charge in [0.2, 0.25) is 9.84 Å². The van der Waals surface area contributed by atoms with Gasteiger partial charge in [-0.25, -0.2) is 26.3 Å². The number of aromatic nitrogens is 3. The van der Waals surface area contributed by atoms with Crippen LogP contribution < -0.4 is 0 Å². The zero-order valence-electron chi connectivity index (χ0n) is 20.7. The zero-order chi connectivity index (χ0) is 29.4. The molecular weight excluding hydrogens is 602 g/mol. The van der Waals surface area contributed by atoms with Gasteiger partial charge in [0.1, 0.15) is 18.4 Å². The molecular formula is C24H20Cl2F3N3O7S. The van der Waals surface area contributed by atoms with Crippen molar-refractivity contribution in [3.05, 3.63) is 64.0 Å². The molecule has 0 bridgehead atoms. The normalized spacial score (nSPS) is 21.2. The van der Waals surface area contributed by atoms with E-state index in [4.69, 9.17) is 37.4 Å². The van der Waals surface area contributed by atoms with Gasteiger partial charge >= 0.3 is 11.9 Å². The third-order valence-corrected chi connectivity index (χ3v) is 8.60. The largest absolute Gasteiger partial charge is 0.463 e. The molecule has 0 amide bonds. The average molecular weight is 622 g/mol. The summed E-state index contributed by atoms with van der Waals surface area (Å²) in [6.07, 6.45) is -1.67. The lowest BCUT2D eigenvalue weighted by Crippen LogP contribution is -2.52. The zero-order valence-corrected chi connectivity index (χ0v) is 23.0. The fourth-order valence-corrected chi connectivity index (χ4v) is 6.07. The predicted molar refractivity (Wildman–Crippen MR) is 133 cm³/mol. The Bertz CT molecular complexity index is 1550. The van der Waals surface area contributed by atoms with Gasteiger partial charge < -0.3 is 14.2 Å². The SMILES string of the molecule is CC(=O)OC[C@H]1O[C@H](S(=O)(=O)c2ccc(Cl)c(Cl)c2)C[C@@H](n2cc(-c3cc(F)c(F)c(F)c3)nn2)[C@H]1OC(C)=O. The van der Waals surface area contributed by atoms with E-state index < -0.39 is 69.5 Å². The van der Waals surface area contributed by atoms with Crippen molar-refractivity contribution in [2.24, 2.45) is 0 Å². The molecule has 0 spiro atoms. The summed E-state index contributed by atoms with van der Waals surface area (Å²) in [4.78, 5) is 23.3. The lowest BCUT2D eigenvalue weighted by atomic mass is 9.99. The number of carbonyl (C=O) groups is 2. The first-order chi connectivity index (χ1) is 18.8. The van der Waals surface area contributed by atoms with Crippen LogP contribution in [0.4, 0.5) is 13.2 Å². The predicted octanol–water partition coefficient (Wildman–Crippen LogP) is 4.29. The van der Waals surface area contributed by atoms with Crippen molar-refractivity contribution >= 4 is 45.0 Å². The van der Waals surface area contributed by atoms with E-state index in [1.807, 2.05) is 0 Å². The summed E-state index contributed by atoms with van der Waals surface area (Å²) in [5.74, 6) is -6.05. The summed E-state index contributed by atoms with van der Waals surface area (Å²) in [5, 5.41) is 7.90. The smallest absolute Gasteiger partial charge is 0.303 e. The van der Waals surface area contributed by atoms with E-state index in [1.54, 1.807) is 0 Å². The number of sulfone groups is 1. The number of carbonyl (C=O) groups excluding carboxylic acids is 2. The minimum atomic E-state index is -4.28. The maximum atomic E-state index is 13.8. The number of hydrogen-bond donors (Lipinski definition) is 0. The van der Waals surface area contributed by atoms with Crippen LogP contribution in [0.2, 0.25) is 10.0 Å². The van der Waals surface area contributed by atoms with Crippen LogP contribution in [0.1, 0.15) is 26.3 Å². The summed E-state index contributed by atoms with van der Waals surface area (Å²) in [6, 6.07) is 3.99. The van der Waals surface area contributed by atoms with Gasteiger partial charge in [0.25, 0.3) is 0 Å². The lowest BCUT2D eigenvalue weighted by molar-refractivity contribution is -0.182. The van der Waals surface area contributed by atoms with Crippen LogP contribution in [-0.4, -0.2) is 59.6 Å². The highest BCUT2D eigenvalue weighted by molar-refractivity contribution is 7.92. The van der Waals surface area contributed by atoms with Crippen LogP contribution >= 0.6 is 23.2 Å². The molecule has 2 heterocycles. The molecule has 0 N–H and O–H groups in total. The standard InChI is InChI=1S/C24H20Cl2F3N3O7S/c1-11(33)37-10-21-24(38-12(2)34)20(8-22(39-21)40(35,36)14-3-4-15(25)16(26)7-14)32-9-19(30-31-32)13-5-17(27)23(29)18(28)6-13/h3-7,9,20-22,24H,8,10H2,1-2H3/t20-,21-,22-,24-/m1/s1. The Morgan fingerprint density at radius 3 is 2.35 bits per heavy atom. The first-order valence-corrected chi connectivity index (χ1v) is 13.8. The molecule has 0 radical (unpaired) electrons. The number of esters is 2. The summed E-state index contributed by atoms with van der Waals surface area (Å²) in [6.45, 7) is 1.73. The minimum Gasteiger partial charge on any atom is -0.463 e. The number of hydrogen-bond acceptors (Lipinski definition) is 9. The van der Waals surface area contributed by atoms with Crippen molar-refractivity contribution in [1.82, 2.24) is 15.0 Å². The summed E-state index contributed by atoms with van der Waals surface area (Å²) in [7, 11) is -4.28. The summed E-state index contributed by atoms with van der Waals surface area (Å²) < 4.78 is 85.6. The topological polar surface area (TPSA) is 127 Å². The van der Waals surface area contributed by atoms with Gasteiger partial charge in [-0.1, -0.05) is 28.4 Å². The Hall–Kier alpha value is -3.20. The number of benzene rings is 2. The Morgan fingerprint density at radius 1 is 1.07 bits per heavy atom. The highest BCUT2D eigenvalue weighted by atomic mass is 35.5. The van der Waals surface area contributed by atoms with E-state index in [1.165, 1.54) is 18.3 Å². The van der Waals surface area contributed by atoms with Gasteiger partial charge in [-0.2, -0.15) is 0 Å². The van der Waals surface area contributed by atoms with Gasteiger partial charge in [-0.3, -0.25) is 9.59 Å². The van der Waals surface area contributed by atoms with Crippen LogP contribution in [0.5, 0.6) is 0 Å². The van der Waals surface area contributed by atoms with E-state index in [2.05, 4.69) is 10.3 Å². The van der Waals surface area contributed by atoms with Crippen molar-refractivity contribution in [3.63, 3.8) is 0 Å². The molecule has 1 fully saturated rings. The van der Waals surface area contributed by atoms with E-state index in [0.717, 1.165) is 24.6 Å². The number of ether oxygens (including phenoxy) is 3. The molecule has 1 saturated heterocycles. The van der Waals surface area contributed by atoms with Crippen molar-refractivity contribution in [3.8, 4) is 11.3 Å². The van der Waals surface area contributed by atoms with Gasteiger partial charge in [-0.15, -0.1) is 5.10 Å². The van der Waals surface area contributed by atoms with Gasteiger partial charge in [-0.05, 0) is 30.3 Å². The monoisotopic (exact) mass is 621 g/mol. The van der Waals surface area contributed by atoms with Crippen molar-refractivity contribution in [2.75, 3.05) is 6.61 Å². The molecule has 1 aromatic heterocycles. The fraction of sp³-hybridized carbons (Fsp3) is 0.333. The molecule has 40 heavy (non-hydrogen) atoms. The molecule has 1 aliphatic rings. The van der Waals surface area contributed by atoms with Crippen LogP contribution in [0.15, 0.2) is 41.4 Å². The maximum absolute atomic E-state index is 13.8. The quantitative estimate of drug-likeness (QED) is 0.280. The first-order valence-electron chi connectivity index (χ1n) is 11.5. The van der Waals surface area contributed by atoms with E-state index in [9.17, 15) is 31.2 Å². The Morgan fingerprint density at radius 2 is 1.75 bits per heavy atom. The van der Waals surface area contributed by atoms with Crippen molar-refractivity contribution in [1.29, 1.82) is 0 Å². The third-order valence-electron chi connectivity index (χ3n) is 5.95. The summed E-state index contributed by atoms with van der Waals surface area (Å²) in [5.41, 5.74) is -1.84. The second-order valence-corrected chi connectivity index (χ2v) is 11.6. The molecule has 1 aliphatic heterocycles. The molecule has 0 unspecified atom stereocenters. The number of nitrogens with zero attached hydrogens (tertiary/aromatic N) is 3. The molecule has 3 aromatic rings. The second kappa shape index (κ2) is 11.7. The average Bonchev–Trinajstić information content (AvgIpc) is 3.37. The number of rotatable bonds is 7. The highest BCUT2D eigenvalue weighted by Crippen LogP contribution is 2.38. The molecule has 4 atom stereocenters. The van der Waals surface area contributed by atoms with Crippen LogP contribution in [0.25, 0.3) is 11.3 Å². The van der Waals surface area contributed by atoms with E-state index in [-0.39, 0.29) is 32.6 Å². The molecule has 0 saturated carbocycles. The molecule has 4 rings (SSSR count). The Kier molecular flexibility index (Phi) is 8.73. The lowest BCUT2D eigenvalue weighted by Gasteiger charge is -2.40. The first kappa shape index (κ1) is 29.8. The molecule has 10 nitrogen and oxygen atoms in total. The van der Waals surface area contributed by atoms with E-state index >= 15 is 0 Å². The van der Waals surface area contributed by atoms with E-state index in [0.29, 0.717) is 12.1 Å². The third kappa shape index (κ3) is 6.24.